The van der Waals surface area contributed by atoms with E-state index in [0.717, 1.165) is 12.8 Å². The van der Waals surface area contributed by atoms with Crippen LogP contribution in [0.3, 0.4) is 0 Å². The van der Waals surface area contributed by atoms with Crippen molar-refractivity contribution in [1.29, 1.82) is 0 Å². The molecule has 2 atom stereocenters. The van der Waals surface area contributed by atoms with Crippen LogP contribution in [0.25, 0.3) is 0 Å². The van der Waals surface area contributed by atoms with Gasteiger partial charge < -0.3 is 14.6 Å². The standard InChI is InChI=1S/C17H23ClO4/c1-11(2)16(9-10-16)17(18,15(20)22-4)14(19)12-5-7-13(21-3)8-6-12/h5-8,11,14,19H,9-10H2,1-4H3/t14-,17+/m1/s1. The summed E-state index contributed by atoms with van der Waals surface area (Å²) in [6, 6.07) is 6.92. The lowest BCUT2D eigenvalue weighted by atomic mass is 9.74. The number of halogens is 1. The van der Waals surface area contributed by atoms with Crippen molar-refractivity contribution in [2.75, 3.05) is 14.2 Å². The Kier molecular flexibility index (Phi) is 4.73. The molecule has 1 fully saturated rings. The van der Waals surface area contributed by atoms with Gasteiger partial charge in [-0.2, -0.15) is 0 Å². The lowest BCUT2D eigenvalue weighted by molar-refractivity contribution is -0.151. The van der Waals surface area contributed by atoms with E-state index in [1.165, 1.54) is 7.11 Å². The Bertz CT molecular complexity index is 536. The van der Waals surface area contributed by atoms with E-state index < -0.39 is 22.4 Å². The van der Waals surface area contributed by atoms with Crippen LogP contribution >= 0.6 is 11.6 Å². The van der Waals surface area contributed by atoms with Gasteiger partial charge in [0.2, 0.25) is 0 Å². The molecule has 122 valence electrons. The van der Waals surface area contributed by atoms with Gasteiger partial charge in [-0.1, -0.05) is 26.0 Å². The van der Waals surface area contributed by atoms with Gasteiger partial charge in [-0.3, -0.25) is 4.79 Å². The number of benzene rings is 1. The van der Waals surface area contributed by atoms with Crippen LogP contribution in [0, 0.1) is 11.3 Å². The Labute approximate surface area is 136 Å². The lowest BCUT2D eigenvalue weighted by Crippen LogP contribution is -2.50. The summed E-state index contributed by atoms with van der Waals surface area (Å²) < 4.78 is 10.0. The molecular weight excluding hydrogens is 304 g/mol. The molecule has 0 bridgehead atoms. The Morgan fingerprint density at radius 1 is 1.27 bits per heavy atom. The van der Waals surface area contributed by atoms with Gasteiger partial charge in [-0.15, -0.1) is 11.6 Å². The summed E-state index contributed by atoms with van der Waals surface area (Å²) in [5.74, 6) is 0.264. The van der Waals surface area contributed by atoms with Gasteiger partial charge in [0.15, 0.2) is 4.87 Å². The molecule has 4 nitrogen and oxygen atoms in total. The molecule has 0 amide bonds. The van der Waals surface area contributed by atoms with Crippen molar-refractivity contribution in [3.05, 3.63) is 29.8 Å². The summed E-state index contributed by atoms with van der Waals surface area (Å²) in [5, 5.41) is 10.9. The fraction of sp³-hybridized carbons (Fsp3) is 0.588. The van der Waals surface area contributed by atoms with Crippen molar-refractivity contribution in [2.45, 2.75) is 37.7 Å². The number of ether oxygens (including phenoxy) is 2. The number of hydrogen-bond acceptors (Lipinski definition) is 4. The highest BCUT2D eigenvalue weighted by Gasteiger charge is 2.68. The molecule has 0 spiro atoms. The third-order valence-corrected chi connectivity index (χ3v) is 5.65. The third-order valence-electron chi connectivity index (χ3n) is 4.91. The molecule has 0 aliphatic heterocycles. The second-order valence-electron chi connectivity index (χ2n) is 6.19. The van der Waals surface area contributed by atoms with Crippen LogP contribution in [0.5, 0.6) is 5.75 Å². The monoisotopic (exact) mass is 326 g/mol. The van der Waals surface area contributed by atoms with E-state index in [0.29, 0.717) is 11.3 Å². The zero-order chi connectivity index (χ0) is 16.5. The van der Waals surface area contributed by atoms with Crippen LogP contribution in [-0.2, 0) is 9.53 Å². The fourth-order valence-corrected chi connectivity index (χ4v) is 3.86. The molecule has 1 aliphatic carbocycles. The fourth-order valence-electron chi connectivity index (χ4n) is 3.25. The van der Waals surface area contributed by atoms with Gasteiger partial charge in [0.1, 0.15) is 11.9 Å². The molecule has 0 unspecified atom stereocenters. The average Bonchev–Trinajstić information content (AvgIpc) is 3.34. The second-order valence-corrected chi connectivity index (χ2v) is 6.79. The van der Waals surface area contributed by atoms with E-state index in [1.807, 2.05) is 13.8 Å². The van der Waals surface area contributed by atoms with Crippen LogP contribution in [-0.4, -0.2) is 30.2 Å². The SMILES string of the molecule is COC(=O)[C@@](Cl)([C@H](O)c1ccc(OC)cc1)C1(C(C)C)CC1. The largest absolute Gasteiger partial charge is 0.497 e. The van der Waals surface area contributed by atoms with Crippen molar-refractivity contribution in [1.82, 2.24) is 0 Å². The van der Waals surface area contributed by atoms with Gasteiger partial charge in [0.05, 0.1) is 14.2 Å². The third kappa shape index (κ3) is 2.48. The molecule has 0 saturated heterocycles. The Balaban J connectivity index is 2.43. The van der Waals surface area contributed by atoms with Crippen molar-refractivity contribution >= 4 is 17.6 Å². The summed E-state index contributed by atoms with van der Waals surface area (Å²) in [7, 11) is 2.88. The van der Waals surface area contributed by atoms with E-state index >= 15 is 0 Å². The number of hydrogen-bond donors (Lipinski definition) is 1. The zero-order valence-corrected chi connectivity index (χ0v) is 14.2. The van der Waals surface area contributed by atoms with Crippen LogP contribution < -0.4 is 4.74 Å². The lowest BCUT2D eigenvalue weighted by Gasteiger charge is -2.39. The minimum absolute atomic E-state index is 0.164. The number of carbonyl (C=O) groups excluding carboxylic acids is 1. The summed E-state index contributed by atoms with van der Waals surface area (Å²) in [4.78, 5) is 10.9. The maximum absolute atomic E-state index is 12.4. The first-order valence-electron chi connectivity index (χ1n) is 7.43. The molecule has 0 aromatic heterocycles. The molecule has 1 aromatic rings. The van der Waals surface area contributed by atoms with E-state index in [1.54, 1.807) is 31.4 Å². The first kappa shape index (κ1) is 17.1. The first-order valence-corrected chi connectivity index (χ1v) is 7.80. The maximum Gasteiger partial charge on any atom is 0.330 e. The van der Waals surface area contributed by atoms with E-state index in [-0.39, 0.29) is 5.92 Å². The number of aliphatic hydroxyl groups is 1. The zero-order valence-electron chi connectivity index (χ0n) is 13.4. The van der Waals surface area contributed by atoms with Crippen LogP contribution in [0.15, 0.2) is 24.3 Å². The quantitative estimate of drug-likeness (QED) is 0.643. The molecule has 1 aromatic carbocycles. The van der Waals surface area contributed by atoms with E-state index in [9.17, 15) is 9.90 Å². The van der Waals surface area contributed by atoms with E-state index in [2.05, 4.69) is 0 Å². The molecule has 0 heterocycles. The number of esters is 1. The summed E-state index contributed by atoms with van der Waals surface area (Å²) >= 11 is 6.74. The number of methoxy groups -OCH3 is 2. The highest BCUT2D eigenvalue weighted by Crippen LogP contribution is 2.65. The molecule has 1 aliphatic rings. The molecule has 2 rings (SSSR count). The first-order chi connectivity index (χ1) is 10.3. The Morgan fingerprint density at radius 2 is 1.82 bits per heavy atom. The Morgan fingerprint density at radius 3 is 2.18 bits per heavy atom. The number of aliphatic hydroxyl groups excluding tert-OH is 1. The van der Waals surface area contributed by atoms with Gasteiger partial charge in [0.25, 0.3) is 0 Å². The predicted molar refractivity (Wildman–Crippen MR) is 85.1 cm³/mol. The maximum atomic E-state index is 12.4. The minimum atomic E-state index is -1.48. The van der Waals surface area contributed by atoms with Gasteiger partial charge in [-0.05, 0) is 36.5 Å². The van der Waals surface area contributed by atoms with Crippen LogP contribution in [0.2, 0.25) is 0 Å². The van der Waals surface area contributed by atoms with Crippen molar-refractivity contribution in [3.63, 3.8) is 0 Å². The minimum Gasteiger partial charge on any atom is -0.497 e. The Hall–Kier alpha value is -1.26. The molecule has 0 radical (unpaired) electrons. The molecule has 22 heavy (non-hydrogen) atoms. The second kappa shape index (κ2) is 6.09. The molecule has 1 N–H and O–H groups in total. The molecule has 1 saturated carbocycles. The highest BCUT2D eigenvalue weighted by molar-refractivity contribution is 6.35. The van der Waals surface area contributed by atoms with Crippen LogP contribution in [0.1, 0.15) is 38.4 Å². The van der Waals surface area contributed by atoms with Crippen molar-refractivity contribution < 1.29 is 19.4 Å². The van der Waals surface area contributed by atoms with Crippen molar-refractivity contribution in [2.24, 2.45) is 11.3 Å². The number of rotatable bonds is 6. The number of carbonyl (C=O) groups is 1. The smallest absolute Gasteiger partial charge is 0.330 e. The summed E-state index contributed by atoms with van der Waals surface area (Å²) in [6.45, 7) is 4.04. The highest BCUT2D eigenvalue weighted by atomic mass is 35.5. The average molecular weight is 327 g/mol. The summed E-state index contributed by atoms with van der Waals surface area (Å²) in [5.41, 5.74) is 0.134. The number of alkyl halides is 1. The van der Waals surface area contributed by atoms with Gasteiger partial charge in [0, 0.05) is 5.41 Å². The molecular formula is C17H23ClO4. The van der Waals surface area contributed by atoms with Crippen LogP contribution in [0.4, 0.5) is 0 Å². The normalized spacial score (nSPS) is 20.1. The predicted octanol–water partition coefficient (Wildman–Crippen LogP) is 3.32. The summed E-state index contributed by atoms with van der Waals surface area (Å²) in [6.07, 6.45) is 0.463. The van der Waals surface area contributed by atoms with E-state index in [4.69, 9.17) is 21.1 Å². The van der Waals surface area contributed by atoms with Crippen molar-refractivity contribution in [3.8, 4) is 5.75 Å². The topological polar surface area (TPSA) is 55.8 Å². The van der Waals surface area contributed by atoms with Gasteiger partial charge in [-0.25, -0.2) is 0 Å². The van der Waals surface area contributed by atoms with Gasteiger partial charge >= 0.3 is 5.97 Å². The molecule has 5 heteroatoms.